The van der Waals surface area contributed by atoms with Crippen LogP contribution in [-0.2, 0) is 23.9 Å². The van der Waals surface area contributed by atoms with Crippen molar-refractivity contribution in [3.8, 4) is 5.75 Å². The van der Waals surface area contributed by atoms with Crippen molar-refractivity contribution in [2.75, 3.05) is 33.4 Å². The zero-order chi connectivity index (χ0) is 22.2. The van der Waals surface area contributed by atoms with Crippen molar-refractivity contribution in [3.63, 3.8) is 0 Å². The molecule has 0 heterocycles. The Labute approximate surface area is 167 Å². The number of aliphatic hydroxyl groups excluding tert-OH is 1. The van der Waals surface area contributed by atoms with Gasteiger partial charge in [-0.15, -0.1) is 0 Å². The average Bonchev–Trinajstić information content (AvgIpc) is 2.70. The number of para-hydroxylation sites is 1. The molecule has 11 heteroatoms. The topological polar surface area (TPSA) is 169 Å². The van der Waals surface area contributed by atoms with Gasteiger partial charge in [0.2, 0.25) is 0 Å². The Morgan fingerprint density at radius 2 is 1.72 bits per heavy atom. The molecule has 11 nitrogen and oxygen atoms in total. The van der Waals surface area contributed by atoms with Crippen LogP contribution in [0.4, 0.5) is 0 Å². The molecule has 0 fully saturated rings. The Kier molecular flexibility index (Phi) is 13.2. The molecule has 0 aliphatic heterocycles. The first kappa shape index (κ1) is 25.8. The second-order valence-corrected chi connectivity index (χ2v) is 5.32. The second kappa shape index (κ2) is 14.8. The van der Waals surface area contributed by atoms with E-state index in [2.05, 4.69) is 10.1 Å². The van der Waals surface area contributed by atoms with Crippen LogP contribution >= 0.6 is 0 Å². The highest BCUT2D eigenvalue weighted by Gasteiger charge is 2.13. The number of ether oxygens (including phenoxy) is 3. The van der Waals surface area contributed by atoms with Crippen molar-refractivity contribution in [3.05, 3.63) is 29.8 Å². The summed E-state index contributed by atoms with van der Waals surface area (Å²) in [7, 11) is 1.29. The molecule has 0 aromatic heterocycles. The van der Waals surface area contributed by atoms with E-state index in [4.69, 9.17) is 29.3 Å². The fourth-order valence-corrected chi connectivity index (χ4v) is 1.81. The molecule has 0 aliphatic carbocycles. The molecule has 162 valence electrons. The lowest BCUT2D eigenvalue weighted by molar-refractivity contribution is -0.159. The van der Waals surface area contributed by atoms with Crippen molar-refractivity contribution >= 4 is 23.9 Å². The van der Waals surface area contributed by atoms with Crippen LogP contribution in [0, 0.1) is 0 Å². The number of methoxy groups -OCH3 is 1. The van der Waals surface area contributed by atoms with Gasteiger partial charge >= 0.3 is 23.9 Å². The molecule has 1 atom stereocenters. The number of aliphatic carboxylic acids is 2. The maximum atomic E-state index is 11.6. The first-order valence-electron chi connectivity index (χ1n) is 8.53. The number of carboxylic acids is 2. The van der Waals surface area contributed by atoms with Crippen LogP contribution in [0.1, 0.15) is 23.7 Å². The van der Waals surface area contributed by atoms with Gasteiger partial charge < -0.3 is 34.8 Å². The van der Waals surface area contributed by atoms with E-state index in [-0.39, 0.29) is 25.5 Å². The van der Waals surface area contributed by atoms with Gasteiger partial charge in [-0.25, -0.2) is 14.4 Å². The zero-order valence-corrected chi connectivity index (χ0v) is 16.1. The fourth-order valence-electron chi connectivity index (χ4n) is 1.81. The molecule has 1 aromatic rings. The van der Waals surface area contributed by atoms with Crippen molar-refractivity contribution in [1.82, 2.24) is 5.32 Å². The Morgan fingerprint density at radius 1 is 1.10 bits per heavy atom. The summed E-state index contributed by atoms with van der Waals surface area (Å²) in [6.07, 6.45) is -0.532. The van der Waals surface area contributed by atoms with Crippen molar-refractivity contribution < 1.29 is 48.7 Å². The van der Waals surface area contributed by atoms with Crippen molar-refractivity contribution in [2.24, 2.45) is 0 Å². The van der Waals surface area contributed by atoms with Gasteiger partial charge in [-0.05, 0) is 19.1 Å². The SMILES string of the molecule is CCOC(=O)CCNCC(O)COc1ccccc1C(=O)OC.O=C(O)C(=O)O. The van der Waals surface area contributed by atoms with Gasteiger partial charge in [-0.3, -0.25) is 4.79 Å². The summed E-state index contributed by atoms with van der Waals surface area (Å²) in [4.78, 5) is 40.9. The predicted octanol–water partition coefficient (Wildman–Crippen LogP) is -0.0887. The molecule has 1 unspecified atom stereocenters. The normalized spacial score (nSPS) is 10.7. The maximum absolute atomic E-state index is 11.6. The number of benzene rings is 1. The number of esters is 2. The molecule has 0 bridgehead atoms. The van der Waals surface area contributed by atoms with E-state index in [9.17, 15) is 14.7 Å². The molecule has 0 aliphatic rings. The number of nitrogens with one attached hydrogen (secondary N) is 1. The van der Waals surface area contributed by atoms with Crippen LogP contribution in [0.2, 0.25) is 0 Å². The number of rotatable bonds is 10. The van der Waals surface area contributed by atoms with E-state index in [1.165, 1.54) is 7.11 Å². The molecule has 1 aromatic carbocycles. The molecule has 0 saturated heterocycles. The third kappa shape index (κ3) is 12.0. The number of carbonyl (C=O) groups is 4. The third-order valence-corrected chi connectivity index (χ3v) is 3.10. The molecule has 1 rings (SSSR count). The Balaban J connectivity index is 0.00000113. The number of hydrogen-bond acceptors (Lipinski definition) is 9. The van der Waals surface area contributed by atoms with Gasteiger partial charge in [0, 0.05) is 13.1 Å². The lowest BCUT2D eigenvalue weighted by Crippen LogP contribution is -2.33. The summed E-state index contributed by atoms with van der Waals surface area (Å²) >= 11 is 0. The number of carbonyl (C=O) groups excluding carboxylic acids is 2. The van der Waals surface area contributed by atoms with E-state index in [1.807, 2.05) is 0 Å². The van der Waals surface area contributed by atoms with E-state index in [0.717, 1.165) is 0 Å². The third-order valence-electron chi connectivity index (χ3n) is 3.10. The van der Waals surface area contributed by atoms with Gasteiger partial charge in [-0.1, -0.05) is 12.1 Å². The molecule has 29 heavy (non-hydrogen) atoms. The van der Waals surface area contributed by atoms with E-state index in [1.54, 1.807) is 31.2 Å². The smallest absolute Gasteiger partial charge is 0.414 e. The maximum Gasteiger partial charge on any atom is 0.414 e. The average molecular weight is 415 g/mol. The summed E-state index contributed by atoms with van der Waals surface area (Å²) < 4.78 is 14.9. The molecule has 0 saturated carbocycles. The Morgan fingerprint density at radius 3 is 2.28 bits per heavy atom. The summed E-state index contributed by atoms with van der Waals surface area (Å²) in [5.74, 6) is -4.07. The summed E-state index contributed by atoms with van der Waals surface area (Å²) in [6.45, 7) is 2.79. The van der Waals surface area contributed by atoms with Gasteiger partial charge in [-0.2, -0.15) is 0 Å². The Bertz CT molecular complexity index is 664. The zero-order valence-electron chi connectivity index (χ0n) is 16.1. The van der Waals surface area contributed by atoms with Crippen LogP contribution < -0.4 is 10.1 Å². The predicted molar refractivity (Wildman–Crippen MR) is 98.7 cm³/mol. The first-order chi connectivity index (χ1) is 13.7. The number of hydrogen-bond donors (Lipinski definition) is 4. The summed E-state index contributed by atoms with van der Waals surface area (Å²) in [5, 5.41) is 27.6. The minimum Gasteiger partial charge on any atom is -0.490 e. The highest BCUT2D eigenvalue weighted by molar-refractivity contribution is 6.27. The number of carboxylic acid groups (broad SMARTS) is 2. The lowest BCUT2D eigenvalue weighted by Gasteiger charge is -2.14. The molecule has 0 radical (unpaired) electrons. The standard InChI is InChI=1S/C16H23NO6.C2H2O4/c1-3-22-15(19)8-9-17-10-12(18)11-23-14-7-5-4-6-13(14)16(20)21-2;3-1(4)2(5)6/h4-7,12,17-18H,3,8-11H2,1-2H3;(H,3,4)(H,5,6). The minimum absolute atomic E-state index is 0.0143. The van der Waals surface area contributed by atoms with Crippen molar-refractivity contribution in [2.45, 2.75) is 19.4 Å². The van der Waals surface area contributed by atoms with Gasteiger partial charge in [0.25, 0.3) is 0 Å². The van der Waals surface area contributed by atoms with E-state index >= 15 is 0 Å². The van der Waals surface area contributed by atoms with Gasteiger partial charge in [0.15, 0.2) is 0 Å². The van der Waals surface area contributed by atoms with E-state index in [0.29, 0.717) is 24.5 Å². The largest absolute Gasteiger partial charge is 0.490 e. The van der Waals surface area contributed by atoms with Crippen LogP contribution in [0.5, 0.6) is 5.75 Å². The van der Waals surface area contributed by atoms with Crippen molar-refractivity contribution in [1.29, 1.82) is 0 Å². The molecular formula is C18H25NO10. The quantitative estimate of drug-likeness (QED) is 0.229. The van der Waals surface area contributed by atoms with Crippen LogP contribution in [-0.4, -0.2) is 78.7 Å². The summed E-state index contributed by atoms with van der Waals surface area (Å²) in [6, 6.07) is 6.65. The van der Waals surface area contributed by atoms with Crippen LogP contribution in [0.15, 0.2) is 24.3 Å². The monoisotopic (exact) mass is 415 g/mol. The van der Waals surface area contributed by atoms with Crippen LogP contribution in [0.25, 0.3) is 0 Å². The highest BCUT2D eigenvalue weighted by atomic mass is 16.5. The number of aliphatic hydroxyl groups is 1. The van der Waals surface area contributed by atoms with E-state index < -0.39 is 24.0 Å². The highest BCUT2D eigenvalue weighted by Crippen LogP contribution is 2.18. The fraction of sp³-hybridized carbons (Fsp3) is 0.444. The van der Waals surface area contributed by atoms with Gasteiger partial charge in [0.1, 0.15) is 24.0 Å². The molecule has 0 amide bonds. The molecular weight excluding hydrogens is 390 g/mol. The Hall–Kier alpha value is -3.18. The lowest BCUT2D eigenvalue weighted by atomic mass is 10.2. The minimum atomic E-state index is -1.82. The van der Waals surface area contributed by atoms with Gasteiger partial charge in [0.05, 0.1) is 20.1 Å². The van der Waals surface area contributed by atoms with Crippen LogP contribution in [0.3, 0.4) is 0 Å². The molecule has 0 spiro atoms. The molecule has 4 N–H and O–H groups in total. The first-order valence-corrected chi connectivity index (χ1v) is 8.53. The second-order valence-electron chi connectivity index (χ2n) is 5.32. The summed E-state index contributed by atoms with van der Waals surface area (Å²) in [5.41, 5.74) is 0.303.